The summed E-state index contributed by atoms with van der Waals surface area (Å²) in [5.74, 6) is -0.0739. The minimum absolute atomic E-state index is 0.181. The fourth-order valence-electron chi connectivity index (χ4n) is 3.59. The fourth-order valence-corrected chi connectivity index (χ4v) is 3.77. The van der Waals surface area contributed by atoms with Crippen LogP contribution in [0, 0.1) is 0 Å². The van der Waals surface area contributed by atoms with Gasteiger partial charge < -0.3 is 14.8 Å². The Morgan fingerprint density at radius 2 is 1.88 bits per heavy atom. The molecule has 1 aliphatic rings. The molecule has 1 atom stereocenters. The summed E-state index contributed by atoms with van der Waals surface area (Å²) in [5.41, 5.74) is 1.66. The molecule has 7 nitrogen and oxygen atoms in total. The predicted octanol–water partition coefficient (Wildman–Crippen LogP) is 4.20. The first kappa shape index (κ1) is 23.3. The van der Waals surface area contributed by atoms with E-state index in [0.29, 0.717) is 27.8 Å². The molecule has 1 aliphatic heterocycles. The summed E-state index contributed by atoms with van der Waals surface area (Å²) >= 11 is 5.95. The van der Waals surface area contributed by atoms with Gasteiger partial charge in [-0.05, 0) is 48.9 Å². The van der Waals surface area contributed by atoms with Crippen LogP contribution in [0.2, 0.25) is 5.02 Å². The monoisotopic (exact) mass is 478 g/mol. The lowest BCUT2D eigenvalue weighted by Gasteiger charge is -2.29. The number of carbonyl (C=O) groups is 3. The molecule has 1 heterocycles. The first-order valence-electron chi connectivity index (χ1n) is 10.7. The van der Waals surface area contributed by atoms with Crippen molar-refractivity contribution in [3.05, 3.63) is 88.9 Å². The molecule has 3 aromatic rings. The summed E-state index contributed by atoms with van der Waals surface area (Å²) in [5, 5.41) is 3.41. The molecule has 0 fully saturated rings. The van der Waals surface area contributed by atoms with E-state index < -0.39 is 0 Å². The van der Waals surface area contributed by atoms with Gasteiger partial charge in [-0.2, -0.15) is 0 Å². The van der Waals surface area contributed by atoms with Gasteiger partial charge >= 0.3 is 0 Å². The minimum Gasteiger partial charge on any atom is -0.485 e. The normalized spacial score (nSPS) is 13.5. The number of halogens is 1. The van der Waals surface area contributed by atoms with Gasteiger partial charge in [0.15, 0.2) is 19.0 Å². The second-order valence-electron chi connectivity index (χ2n) is 7.82. The van der Waals surface area contributed by atoms with Crippen LogP contribution >= 0.6 is 11.6 Å². The second kappa shape index (κ2) is 10.4. The lowest BCUT2D eigenvalue weighted by atomic mass is 10.1. The van der Waals surface area contributed by atoms with Crippen LogP contribution < -0.4 is 19.7 Å². The highest BCUT2D eigenvalue weighted by atomic mass is 35.5. The molecule has 0 saturated heterocycles. The summed E-state index contributed by atoms with van der Waals surface area (Å²) in [6.45, 7) is 1.30. The molecule has 0 spiro atoms. The van der Waals surface area contributed by atoms with Gasteiger partial charge in [0, 0.05) is 10.6 Å². The summed E-state index contributed by atoms with van der Waals surface area (Å²) in [7, 11) is 0. The molecular formula is C26H23ClN2O5. The number of ether oxygens (including phenoxy) is 2. The third kappa shape index (κ3) is 5.55. The van der Waals surface area contributed by atoms with Crippen LogP contribution in [0.5, 0.6) is 11.5 Å². The quantitative estimate of drug-likeness (QED) is 0.490. The summed E-state index contributed by atoms with van der Waals surface area (Å²) < 4.78 is 11.0. The molecule has 0 bridgehead atoms. The zero-order valence-corrected chi connectivity index (χ0v) is 19.2. The standard InChI is InChI=1S/C26H23ClN2O5/c1-17(18-6-3-2-4-7-18)28-25(31)14-29-22-12-19(10-11-24(22)34-16-26(29)32)23(30)15-33-21-9-5-8-20(27)13-21/h2-13,17H,14-16H2,1H3,(H,28,31)/t17-/m0/s1. The molecule has 3 aromatic carbocycles. The largest absolute Gasteiger partial charge is 0.485 e. The van der Waals surface area contributed by atoms with E-state index >= 15 is 0 Å². The molecule has 4 rings (SSSR count). The van der Waals surface area contributed by atoms with E-state index in [9.17, 15) is 14.4 Å². The number of hydrogen-bond donors (Lipinski definition) is 1. The maximum atomic E-state index is 12.7. The molecule has 0 saturated carbocycles. The molecule has 1 N–H and O–H groups in total. The number of fused-ring (bicyclic) bond motifs is 1. The van der Waals surface area contributed by atoms with Gasteiger partial charge in [-0.1, -0.05) is 48.0 Å². The Hall–Kier alpha value is -3.84. The van der Waals surface area contributed by atoms with Crippen molar-refractivity contribution in [2.45, 2.75) is 13.0 Å². The van der Waals surface area contributed by atoms with Crippen molar-refractivity contribution in [3.8, 4) is 11.5 Å². The van der Waals surface area contributed by atoms with E-state index in [4.69, 9.17) is 21.1 Å². The van der Waals surface area contributed by atoms with Crippen molar-refractivity contribution < 1.29 is 23.9 Å². The number of nitrogens with zero attached hydrogens (tertiary/aromatic N) is 1. The molecule has 2 amide bonds. The van der Waals surface area contributed by atoms with Crippen molar-refractivity contribution in [1.29, 1.82) is 0 Å². The Labute approximate surface area is 202 Å². The number of anilines is 1. The van der Waals surface area contributed by atoms with Crippen molar-refractivity contribution in [1.82, 2.24) is 5.32 Å². The number of ketones is 1. The maximum absolute atomic E-state index is 12.7. The minimum atomic E-state index is -0.366. The third-order valence-corrected chi connectivity index (χ3v) is 5.60. The van der Waals surface area contributed by atoms with E-state index in [2.05, 4.69) is 5.32 Å². The molecule has 0 unspecified atom stereocenters. The van der Waals surface area contributed by atoms with Gasteiger partial charge in [-0.15, -0.1) is 0 Å². The van der Waals surface area contributed by atoms with Gasteiger partial charge in [0.1, 0.15) is 18.0 Å². The summed E-state index contributed by atoms with van der Waals surface area (Å²) in [6.07, 6.45) is 0. The van der Waals surface area contributed by atoms with Crippen LogP contribution in [0.4, 0.5) is 5.69 Å². The van der Waals surface area contributed by atoms with Crippen molar-refractivity contribution in [2.75, 3.05) is 24.7 Å². The highest BCUT2D eigenvalue weighted by Crippen LogP contribution is 2.33. The Kier molecular flexibility index (Phi) is 7.13. The molecule has 0 radical (unpaired) electrons. The number of Topliss-reactive ketones (excluding diaryl/α,β-unsaturated/α-hetero) is 1. The lowest BCUT2D eigenvalue weighted by Crippen LogP contribution is -2.45. The SMILES string of the molecule is C[C@H](NC(=O)CN1C(=O)COc2ccc(C(=O)COc3cccc(Cl)c3)cc21)c1ccccc1. The lowest BCUT2D eigenvalue weighted by molar-refractivity contribution is -0.125. The molecule has 0 aliphatic carbocycles. The van der Waals surface area contributed by atoms with E-state index in [1.54, 1.807) is 42.5 Å². The first-order valence-corrected chi connectivity index (χ1v) is 11.1. The molecule has 34 heavy (non-hydrogen) atoms. The van der Waals surface area contributed by atoms with E-state index in [-0.39, 0.29) is 43.4 Å². The zero-order chi connectivity index (χ0) is 24.1. The predicted molar refractivity (Wildman–Crippen MR) is 129 cm³/mol. The van der Waals surface area contributed by atoms with Crippen molar-refractivity contribution in [3.63, 3.8) is 0 Å². The highest BCUT2D eigenvalue weighted by molar-refractivity contribution is 6.30. The van der Waals surface area contributed by atoms with Gasteiger partial charge in [-0.3, -0.25) is 19.3 Å². The smallest absolute Gasteiger partial charge is 0.265 e. The van der Waals surface area contributed by atoms with E-state index in [1.807, 2.05) is 37.3 Å². The van der Waals surface area contributed by atoms with Crippen molar-refractivity contribution in [2.24, 2.45) is 0 Å². The number of benzene rings is 3. The molecule has 0 aromatic heterocycles. The number of hydrogen-bond acceptors (Lipinski definition) is 5. The van der Waals surface area contributed by atoms with Crippen LogP contribution in [0.1, 0.15) is 28.9 Å². The zero-order valence-electron chi connectivity index (χ0n) is 18.5. The number of carbonyl (C=O) groups excluding carboxylic acids is 3. The van der Waals surface area contributed by atoms with Crippen molar-refractivity contribution >= 4 is 34.9 Å². The van der Waals surface area contributed by atoms with Crippen LogP contribution in [0.3, 0.4) is 0 Å². The second-order valence-corrected chi connectivity index (χ2v) is 8.26. The van der Waals surface area contributed by atoms with Gasteiger partial charge in [-0.25, -0.2) is 0 Å². The number of rotatable bonds is 8. The number of amides is 2. The number of nitrogens with one attached hydrogen (secondary N) is 1. The third-order valence-electron chi connectivity index (χ3n) is 5.37. The van der Waals surface area contributed by atoms with Crippen LogP contribution in [0.15, 0.2) is 72.8 Å². The molecule has 174 valence electrons. The highest BCUT2D eigenvalue weighted by Gasteiger charge is 2.28. The average molecular weight is 479 g/mol. The Bertz CT molecular complexity index is 1210. The average Bonchev–Trinajstić information content (AvgIpc) is 2.84. The Balaban J connectivity index is 1.46. The first-order chi connectivity index (χ1) is 16.4. The van der Waals surface area contributed by atoms with E-state index in [1.165, 1.54) is 4.90 Å². The van der Waals surface area contributed by atoms with Crippen LogP contribution in [-0.2, 0) is 9.59 Å². The maximum Gasteiger partial charge on any atom is 0.265 e. The summed E-state index contributed by atoms with van der Waals surface area (Å²) in [4.78, 5) is 39.3. The molecule has 8 heteroatoms. The summed E-state index contributed by atoms with van der Waals surface area (Å²) in [6, 6.07) is 20.8. The van der Waals surface area contributed by atoms with E-state index in [0.717, 1.165) is 5.56 Å². The Morgan fingerprint density at radius 3 is 2.65 bits per heavy atom. The van der Waals surface area contributed by atoms with Crippen LogP contribution in [0.25, 0.3) is 0 Å². The topological polar surface area (TPSA) is 84.9 Å². The van der Waals surface area contributed by atoms with Gasteiger partial charge in [0.2, 0.25) is 5.91 Å². The van der Waals surface area contributed by atoms with Gasteiger partial charge in [0.25, 0.3) is 5.91 Å². The van der Waals surface area contributed by atoms with Crippen LogP contribution in [-0.4, -0.2) is 37.4 Å². The molecular weight excluding hydrogens is 456 g/mol. The Morgan fingerprint density at radius 1 is 1.09 bits per heavy atom. The van der Waals surface area contributed by atoms with Gasteiger partial charge in [0.05, 0.1) is 11.7 Å². The fraction of sp³-hybridized carbons (Fsp3) is 0.192.